The zero-order chi connectivity index (χ0) is 16.5. The van der Waals surface area contributed by atoms with Crippen molar-refractivity contribution in [3.63, 3.8) is 0 Å². The van der Waals surface area contributed by atoms with E-state index in [0.717, 1.165) is 12.8 Å². The molecule has 0 unspecified atom stereocenters. The molecule has 0 fully saturated rings. The summed E-state index contributed by atoms with van der Waals surface area (Å²) in [5, 5.41) is 5.52. The predicted octanol–water partition coefficient (Wildman–Crippen LogP) is 1.25. The number of urea groups is 1. The van der Waals surface area contributed by atoms with Crippen molar-refractivity contribution < 1.29 is 9.59 Å². The lowest BCUT2D eigenvalue weighted by molar-refractivity contribution is -0.128. The summed E-state index contributed by atoms with van der Waals surface area (Å²) in [7, 11) is 3.32. The van der Waals surface area contributed by atoms with E-state index in [1.165, 1.54) is 4.90 Å². The fourth-order valence-corrected chi connectivity index (χ4v) is 2.53. The van der Waals surface area contributed by atoms with Gasteiger partial charge in [0.1, 0.15) is 0 Å². The van der Waals surface area contributed by atoms with Gasteiger partial charge in [0.2, 0.25) is 5.91 Å². The molecule has 3 amide bonds. The average Bonchev–Trinajstić information content (AvgIpc) is 2.42. The molecule has 0 aliphatic heterocycles. The summed E-state index contributed by atoms with van der Waals surface area (Å²) in [5.41, 5.74) is 5.06. The van der Waals surface area contributed by atoms with E-state index in [0.29, 0.717) is 25.9 Å². The van der Waals surface area contributed by atoms with Crippen molar-refractivity contribution >= 4 is 29.1 Å². The van der Waals surface area contributed by atoms with Crippen LogP contribution in [0.25, 0.3) is 0 Å². The lowest BCUT2D eigenvalue weighted by atomic mass is 9.78. The van der Waals surface area contributed by atoms with Gasteiger partial charge in [0, 0.05) is 27.2 Å². The Bertz CT molecular complexity index is 366. The van der Waals surface area contributed by atoms with E-state index >= 15 is 0 Å². The number of hydrogen-bond donors (Lipinski definition) is 3. The molecule has 0 atom stereocenters. The molecule has 0 aromatic heterocycles. The van der Waals surface area contributed by atoms with Crippen molar-refractivity contribution in [1.82, 2.24) is 15.5 Å². The van der Waals surface area contributed by atoms with Crippen LogP contribution in [0.2, 0.25) is 0 Å². The van der Waals surface area contributed by atoms with Gasteiger partial charge in [-0.3, -0.25) is 4.79 Å². The van der Waals surface area contributed by atoms with Crippen LogP contribution in [0.4, 0.5) is 4.79 Å². The second-order valence-electron chi connectivity index (χ2n) is 5.33. The fraction of sp³-hybridized carbons (Fsp3) is 0.786. The van der Waals surface area contributed by atoms with Crippen molar-refractivity contribution in [2.45, 2.75) is 39.5 Å². The first-order valence-corrected chi connectivity index (χ1v) is 7.76. The van der Waals surface area contributed by atoms with Crippen LogP contribution < -0.4 is 16.4 Å². The lowest BCUT2D eigenvalue weighted by Crippen LogP contribution is -2.50. The zero-order valence-electron chi connectivity index (χ0n) is 13.5. The standard InChI is InChI=1S/C14H28N4O2S/c1-5-7-14(8-6-2,11(15)21)12(19)16-9-10-17-13(20)18(3)4/h5-10H2,1-4H3,(H2,15,21)(H,16,19)(H,17,20). The van der Waals surface area contributed by atoms with Gasteiger partial charge in [-0.15, -0.1) is 0 Å². The maximum Gasteiger partial charge on any atom is 0.316 e. The Morgan fingerprint density at radius 1 is 1.10 bits per heavy atom. The lowest BCUT2D eigenvalue weighted by Gasteiger charge is -2.31. The maximum absolute atomic E-state index is 12.5. The predicted molar refractivity (Wildman–Crippen MR) is 89.1 cm³/mol. The van der Waals surface area contributed by atoms with Crippen LogP contribution in [0.15, 0.2) is 0 Å². The van der Waals surface area contributed by atoms with Crippen molar-refractivity contribution in [2.75, 3.05) is 27.2 Å². The number of carbonyl (C=O) groups excluding carboxylic acids is 2. The summed E-state index contributed by atoms with van der Waals surface area (Å²) >= 11 is 5.13. The molecular formula is C14H28N4O2S. The summed E-state index contributed by atoms with van der Waals surface area (Å²) in [6, 6.07) is -0.188. The SMILES string of the molecule is CCCC(CCC)(C(=O)NCCNC(=O)N(C)C)C(N)=S. The Morgan fingerprint density at radius 3 is 1.95 bits per heavy atom. The van der Waals surface area contributed by atoms with Crippen LogP contribution in [-0.2, 0) is 4.79 Å². The number of carbonyl (C=O) groups is 2. The molecule has 7 heteroatoms. The molecule has 21 heavy (non-hydrogen) atoms. The normalized spacial score (nSPS) is 10.9. The molecule has 0 aliphatic carbocycles. The first-order valence-electron chi connectivity index (χ1n) is 7.35. The molecule has 0 saturated heterocycles. The number of nitrogens with two attached hydrogens (primary N) is 1. The number of nitrogens with zero attached hydrogens (tertiary/aromatic N) is 1. The fourth-order valence-electron chi connectivity index (χ4n) is 2.24. The number of thiocarbonyl (C=S) groups is 1. The van der Waals surface area contributed by atoms with Crippen LogP contribution in [0.3, 0.4) is 0 Å². The van der Waals surface area contributed by atoms with Crippen molar-refractivity contribution in [3.05, 3.63) is 0 Å². The number of rotatable bonds is 9. The zero-order valence-corrected chi connectivity index (χ0v) is 14.3. The third-order valence-corrected chi connectivity index (χ3v) is 3.74. The smallest absolute Gasteiger partial charge is 0.316 e. The third-order valence-electron chi connectivity index (χ3n) is 3.35. The minimum Gasteiger partial charge on any atom is -0.392 e. The quantitative estimate of drug-likeness (QED) is 0.441. The third kappa shape index (κ3) is 5.87. The monoisotopic (exact) mass is 316 g/mol. The van der Waals surface area contributed by atoms with E-state index < -0.39 is 5.41 Å². The Labute approximate surface area is 132 Å². The highest BCUT2D eigenvalue weighted by Crippen LogP contribution is 2.30. The second kappa shape index (κ2) is 9.55. The van der Waals surface area contributed by atoms with Gasteiger partial charge in [-0.25, -0.2) is 4.79 Å². The Kier molecular flexibility index (Phi) is 8.92. The summed E-state index contributed by atoms with van der Waals surface area (Å²) in [6.07, 6.45) is 2.96. The molecule has 0 aliphatic rings. The molecule has 0 saturated carbocycles. The summed E-state index contributed by atoms with van der Waals surface area (Å²) in [5.74, 6) is -0.141. The summed E-state index contributed by atoms with van der Waals surface area (Å²) in [4.78, 5) is 25.5. The Balaban J connectivity index is 4.55. The van der Waals surface area contributed by atoms with Gasteiger partial charge in [0.15, 0.2) is 0 Å². The summed E-state index contributed by atoms with van der Waals surface area (Å²) < 4.78 is 0. The van der Waals surface area contributed by atoms with Crippen LogP contribution in [0, 0.1) is 5.41 Å². The molecule has 0 bridgehead atoms. The minimum absolute atomic E-state index is 0.141. The highest BCUT2D eigenvalue weighted by atomic mass is 32.1. The first kappa shape index (κ1) is 19.6. The Hall–Kier alpha value is -1.37. The van der Waals surface area contributed by atoms with Crippen LogP contribution >= 0.6 is 12.2 Å². The molecule has 0 radical (unpaired) electrons. The van der Waals surface area contributed by atoms with Crippen LogP contribution in [0.1, 0.15) is 39.5 Å². The molecule has 0 spiro atoms. The van der Waals surface area contributed by atoms with Crippen molar-refractivity contribution in [2.24, 2.45) is 11.1 Å². The number of hydrogen-bond acceptors (Lipinski definition) is 3. The van der Waals surface area contributed by atoms with Gasteiger partial charge in [-0.05, 0) is 12.8 Å². The molecular weight excluding hydrogens is 288 g/mol. The highest BCUT2D eigenvalue weighted by molar-refractivity contribution is 7.80. The molecule has 122 valence electrons. The van der Waals surface area contributed by atoms with Gasteiger partial charge in [-0.2, -0.15) is 0 Å². The second-order valence-corrected chi connectivity index (χ2v) is 5.77. The van der Waals surface area contributed by atoms with E-state index in [2.05, 4.69) is 10.6 Å². The van der Waals surface area contributed by atoms with Gasteiger partial charge < -0.3 is 21.3 Å². The Morgan fingerprint density at radius 2 is 1.57 bits per heavy atom. The van der Waals surface area contributed by atoms with Crippen molar-refractivity contribution in [1.29, 1.82) is 0 Å². The molecule has 0 rings (SSSR count). The number of amides is 3. The van der Waals surface area contributed by atoms with E-state index in [-0.39, 0.29) is 16.9 Å². The average molecular weight is 316 g/mol. The molecule has 4 N–H and O–H groups in total. The van der Waals surface area contributed by atoms with Gasteiger partial charge >= 0.3 is 6.03 Å². The van der Waals surface area contributed by atoms with Gasteiger partial charge in [0.25, 0.3) is 0 Å². The highest BCUT2D eigenvalue weighted by Gasteiger charge is 2.39. The molecule has 0 aromatic carbocycles. The van der Waals surface area contributed by atoms with Gasteiger partial charge in [0.05, 0.1) is 10.4 Å². The van der Waals surface area contributed by atoms with E-state index in [1.807, 2.05) is 13.8 Å². The van der Waals surface area contributed by atoms with Crippen LogP contribution in [-0.4, -0.2) is 49.0 Å². The maximum atomic E-state index is 12.5. The van der Waals surface area contributed by atoms with E-state index in [1.54, 1.807) is 14.1 Å². The molecule has 6 nitrogen and oxygen atoms in total. The van der Waals surface area contributed by atoms with Crippen molar-refractivity contribution in [3.8, 4) is 0 Å². The largest absolute Gasteiger partial charge is 0.392 e. The van der Waals surface area contributed by atoms with Crippen LogP contribution in [0.5, 0.6) is 0 Å². The summed E-state index contributed by atoms with van der Waals surface area (Å²) in [6.45, 7) is 4.74. The molecule has 0 aromatic rings. The van der Waals surface area contributed by atoms with E-state index in [9.17, 15) is 9.59 Å². The van der Waals surface area contributed by atoms with E-state index in [4.69, 9.17) is 18.0 Å². The topological polar surface area (TPSA) is 87.5 Å². The van der Waals surface area contributed by atoms with Gasteiger partial charge in [-0.1, -0.05) is 38.9 Å². The number of nitrogens with one attached hydrogen (secondary N) is 2. The minimum atomic E-state index is -0.773. The molecule has 0 heterocycles. The first-order chi connectivity index (χ1) is 9.81.